The predicted molar refractivity (Wildman–Crippen MR) is 53.5 cm³/mol. The monoisotopic (exact) mass is 321 g/mol. The normalized spacial score (nSPS) is 12.9. The lowest BCUT2D eigenvalue weighted by molar-refractivity contribution is -0.161. The minimum Gasteiger partial charge on any atom is -0.398 e. The van der Waals surface area contributed by atoms with E-state index in [1.54, 1.807) is 0 Å². The molecule has 1 aromatic carbocycles. The lowest BCUT2D eigenvalue weighted by atomic mass is 10.0. The number of hydrogen-bond donors (Lipinski definition) is 1. The van der Waals surface area contributed by atoms with E-state index in [4.69, 9.17) is 5.73 Å². The number of alkyl halides is 7. The van der Waals surface area contributed by atoms with Crippen molar-refractivity contribution in [1.29, 1.82) is 0 Å². The van der Waals surface area contributed by atoms with Crippen LogP contribution in [0.1, 0.15) is 16.7 Å². The molecular weight excluding hydrogens is 316 g/mol. The van der Waals surface area contributed by atoms with Crippen LogP contribution in [0.2, 0.25) is 0 Å². The smallest absolute Gasteiger partial charge is 0.398 e. The number of halogens is 7. The van der Waals surface area contributed by atoms with Crippen LogP contribution in [0.5, 0.6) is 0 Å². The maximum Gasteiger partial charge on any atom is 0.418 e. The fraction of sp³-hybridized carbons (Fsp3) is 0.333. The minimum absolute atomic E-state index is 0.0155. The maximum atomic E-state index is 12.5. The van der Waals surface area contributed by atoms with Crippen molar-refractivity contribution in [3.63, 3.8) is 0 Å². The van der Waals surface area contributed by atoms with Crippen LogP contribution in [-0.4, -0.2) is 0 Å². The second-order valence-electron chi connectivity index (χ2n) is 3.24. The van der Waals surface area contributed by atoms with Gasteiger partial charge in [-0.3, -0.25) is 0 Å². The number of anilines is 1. The van der Waals surface area contributed by atoms with Gasteiger partial charge < -0.3 is 5.73 Å². The molecule has 96 valence electrons. The number of nitrogen functional groups attached to an aromatic ring is 1. The zero-order chi connectivity index (χ0) is 13.4. The third-order valence-corrected chi connectivity index (χ3v) is 2.62. The molecule has 0 unspecified atom stereocenters. The topological polar surface area (TPSA) is 26.0 Å². The van der Waals surface area contributed by atoms with E-state index < -0.39 is 29.2 Å². The van der Waals surface area contributed by atoms with Gasteiger partial charge in [-0.05, 0) is 17.7 Å². The summed E-state index contributed by atoms with van der Waals surface area (Å²) in [6, 6.07) is 1.31. The molecule has 0 saturated heterocycles. The highest BCUT2D eigenvalue weighted by molar-refractivity contribution is 9.08. The van der Waals surface area contributed by atoms with Crippen LogP contribution in [-0.2, 0) is 17.7 Å². The van der Waals surface area contributed by atoms with Gasteiger partial charge in [-0.2, -0.15) is 26.3 Å². The number of benzene rings is 1. The van der Waals surface area contributed by atoms with Gasteiger partial charge in [-0.15, -0.1) is 0 Å². The Kier molecular flexibility index (Phi) is 3.66. The van der Waals surface area contributed by atoms with Gasteiger partial charge in [0.05, 0.1) is 11.1 Å². The van der Waals surface area contributed by atoms with Crippen LogP contribution < -0.4 is 5.73 Å². The molecule has 0 saturated carbocycles. The molecular formula is C9H6BrF6N. The van der Waals surface area contributed by atoms with Crippen molar-refractivity contribution in [3.05, 3.63) is 28.8 Å². The first-order valence-electron chi connectivity index (χ1n) is 4.20. The summed E-state index contributed by atoms with van der Waals surface area (Å²) in [6.45, 7) is 0. The Morgan fingerprint density at radius 3 is 1.88 bits per heavy atom. The molecule has 0 heterocycles. The zero-order valence-electron chi connectivity index (χ0n) is 8.08. The highest BCUT2D eigenvalue weighted by Gasteiger charge is 2.44. The van der Waals surface area contributed by atoms with Gasteiger partial charge in [-0.1, -0.05) is 15.9 Å². The Morgan fingerprint density at radius 2 is 1.53 bits per heavy atom. The van der Waals surface area contributed by atoms with Crippen LogP contribution in [0.15, 0.2) is 12.1 Å². The molecule has 1 rings (SSSR count). The molecule has 8 heteroatoms. The Balaban J connectivity index is 3.58. The Morgan fingerprint density at radius 1 is 1.00 bits per heavy atom. The molecule has 2 N–H and O–H groups in total. The average Bonchev–Trinajstić information content (AvgIpc) is 2.12. The van der Waals surface area contributed by atoms with Gasteiger partial charge in [0.25, 0.3) is 0 Å². The number of hydrogen-bond acceptors (Lipinski definition) is 1. The Hall–Kier alpha value is -0.920. The quantitative estimate of drug-likeness (QED) is 0.468. The Bertz CT molecular complexity index is 423. The van der Waals surface area contributed by atoms with Gasteiger partial charge in [0.2, 0.25) is 0 Å². The van der Waals surface area contributed by atoms with E-state index >= 15 is 0 Å². The van der Waals surface area contributed by atoms with Crippen LogP contribution in [0, 0.1) is 0 Å². The second kappa shape index (κ2) is 4.40. The van der Waals surface area contributed by atoms with Crippen molar-refractivity contribution in [2.24, 2.45) is 0 Å². The van der Waals surface area contributed by atoms with Gasteiger partial charge in [-0.25, -0.2) is 0 Å². The molecule has 0 aliphatic heterocycles. The first-order chi connectivity index (χ1) is 7.57. The summed E-state index contributed by atoms with van der Waals surface area (Å²) in [5.74, 6) is 0. The van der Waals surface area contributed by atoms with Crippen molar-refractivity contribution >= 4 is 21.6 Å². The lowest BCUT2D eigenvalue weighted by Crippen LogP contribution is -2.19. The molecule has 0 aromatic heterocycles. The van der Waals surface area contributed by atoms with E-state index in [1.807, 2.05) is 0 Å². The first kappa shape index (κ1) is 14.1. The second-order valence-corrected chi connectivity index (χ2v) is 3.80. The van der Waals surface area contributed by atoms with Crippen molar-refractivity contribution in [3.8, 4) is 0 Å². The van der Waals surface area contributed by atoms with Gasteiger partial charge in [0.1, 0.15) is 0 Å². The first-order valence-corrected chi connectivity index (χ1v) is 5.32. The van der Waals surface area contributed by atoms with Crippen LogP contribution in [0.4, 0.5) is 32.0 Å². The highest BCUT2D eigenvalue weighted by Crippen LogP contribution is 2.43. The van der Waals surface area contributed by atoms with Gasteiger partial charge in [0, 0.05) is 11.0 Å². The van der Waals surface area contributed by atoms with E-state index in [-0.39, 0.29) is 10.9 Å². The van der Waals surface area contributed by atoms with E-state index in [0.717, 1.165) is 6.07 Å². The van der Waals surface area contributed by atoms with Crippen molar-refractivity contribution in [2.45, 2.75) is 17.7 Å². The largest absolute Gasteiger partial charge is 0.418 e. The zero-order valence-corrected chi connectivity index (χ0v) is 9.67. The molecule has 0 fully saturated rings. The minimum atomic E-state index is -5.14. The van der Waals surface area contributed by atoms with Crippen LogP contribution >= 0.6 is 15.9 Å². The van der Waals surface area contributed by atoms with Crippen molar-refractivity contribution in [1.82, 2.24) is 0 Å². The predicted octanol–water partition coefficient (Wildman–Crippen LogP) is 4.20. The van der Waals surface area contributed by atoms with E-state index in [9.17, 15) is 26.3 Å². The summed E-state index contributed by atoms with van der Waals surface area (Å²) in [6.07, 6.45) is -10.2. The molecule has 0 spiro atoms. The molecule has 0 atom stereocenters. The SMILES string of the molecule is Nc1cc(CBr)cc(C(F)(F)F)c1C(F)(F)F. The summed E-state index contributed by atoms with van der Waals surface area (Å²) >= 11 is 2.86. The van der Waals surface area contributed by atoms with Crippen LogP contribution in [0.3, 0.4) is 0 Å². The van der Waals surface area contributed by atoms with Gasteiger partial charge in [0.15, 0.2) is 0 Å². The average molecular weight is 322 g/mol. The van der Waals surface area contributed by atoms with E-state index in [0.29, 0.717) is 6.07 Å². The lowest BCUT2D eigenvalue weighted by Gasteiger charge is -2.18. The van der Waals surface area contributed by atoms with Gasteiger partial charge >= 0.3 is 12.4 Å². The summed E-state index contributed by atoms with van der Waals surface area (Å²) in [4.78, 5) is 0. The molecule has 0 aliphatic rings. The molecule has 0 aliphatic carbocycles. The standard InChI is InChI=1S/C9H6BrF6N/c10-3-4-1-5(8(11,12)13)7(6(17)2-4)9(14,15)16/h1-2H,3,17H2. The van der Waals surface area contributed by atoms with E-state index in [1.165, 1.54) is 0 Å². The third kappa shape index (κ3) is 3.05. The fourth-order valence-corrected chi connectivity index (χ4v) is 1.67. The molecule has 0 bridgehead atoms. The van der Waals surface area contributed by atoms with Crippen molar-refractivity contribution in [2.75, 3.05) is 5.73 Å². The van der Waals surface area contributed by atoms with Crippen LogP contribution in [0.25, 0.3) is 0 Å². The molecule has 0 amide bonds. The number of nitrogens with two attached hydrogens (primary N) is 1. The third-order valence-electron chi connectivity index (χ3n) is 1.97. The fourth-order valence-electron chi connectivity index (χ4n) is 1.34. The summed E-state index contributed by atoms with van der Waals surface area (Å²) in [7, 11) is 0. The highest BCUT2D eigenvalue weighted by atomic mass is 79.9. The summed E-state index contributed by atoms with van der Waals surface area (Å²) in [5, 5.41) is -0.0155. The molecule has 17 heavy (non-hydrogen) atoms. The number of rotatable bonds is 1. The molecule has 1 aromatic rings. The van der Waals surface area contributed by atoms with E-state index in [2.05, 4.69) is 15.9 Å². The Labute approximate surface area is 101 Å². The van der Waals surface area contributed by atoms with Crippen molar-refractivity contribution < 1.29 is 26.3 Å². The summed E-state index contributed by atoms with van der Waals surface area (Å²) < 4.78 is 75.0. The maximum absolute atomic E-state index is 12.5. The molecule has 0 radical (unpaired) electrons. The molecule has 1 nitrogen and oxygen atoms in total. The summed E-state index contributed by atoms with van der Waals surface area (Å²) in [5.41, 5.74) is 0.539.